The van der Waals surface area contributed by atoms with E-state index in [1.807, 2.05) is 6.07 Å². The van der Waals surface area contributed by atoms with Crippen LogP contribution in [0, 0.1) is 0 Å². The van der Waals surface area contributed by atoms with Gasteiger partial charge in [-0.15, -0.1) is 0 Å². The second kappa shape index (κ2) is 9.68. The second-order valence-corrected chi connectivity index (χ2v) is 6.13. The molecule has 0 spiro atoms. The maximum atomic E-state index is 10.3. The number of quaternary nitrogens is 2. The molecule has 1 fully saturated rings. The Hall–Kier alpha value is -1.54. The van der Waals surface area contributed by atoms with Gasteiger partial charge in [0.15, 0.2) is 11.5 Å². The molecule has 0 saturated carbocycles. The predicted octanol–water partition coefficient (Wildman–Crippen LogP) is -2.78. The summed E-state index contributed by atoms with van der Waals surface area (Å²) in [6.45, 7) is 5.98. The van der Waals surface area contributed by atoms with Crippen molar-refractivity contribution in [3.63, 3.8) is 0 Å². The smallest absolute Gasteiger partial charge is 0.203 e. The lowest BCUT2D eigenvalue weighted by molar-refractivity contribution is -1.01. The van der Waals surface area contributed by atoms with Crippen LogP contribution in [-0.4, -0.2) is 83.0 Å². The molecule has 1 saturated heterocycles. The monoisotopic (exact) mass is 342 g/mol. The van der Waals surface area contributed by atoms with E-state index in [0.717, 1.165) is 32.7 Å². The van der Waals surface area contributed by atoms with Crippen molar-refractivity contribution in [1.82, 2.24) is 0 Å². The topological polar surface area (TPSA) is 77.0 Å². The standard InChI is InChI=1S/C17H28N2O5/c1-22-15-4-3-5-16(23-2)17(15)24-13-14(21)12-19-8-6-18(7-9-19)10-11-20/h3-5,14,20-21H,6-13H2,1-2H3/p+2/t14-/m1/s1. The minimum Gasteiger partial charge on any atom is -0.493 e. The lowest BCUT2D eigenvalue weighted by Crippen LogP contribution is -3.28. The summed E-state index contributed by atoms with van der Waals surface area (Å²) in [5, 5.41) is 19.3. The van der Waals surface area contributed by atoms with Gasteiger partial charge in [-0.3, -0.25) is 0 Å². The fourth-order valence-electron chi connectivity index (χ4n) is 3.10. The number of benzene rings is 1. The average molecular weight is 342 g/mol. The summed E-state index contributed by atoms with van der Waals surface area (Å²) >= 11 is 0. The molecule has 4 N–H and O–H groups in total. The highest BCUT2D eigenvalue weighted by atomic mass is 16.5. The first-order valence-corrected chi connectivity index (χ1v) is 8.47. The van der Waals surface area contributed by atoms with Crippen LogP contribution in [-0.2, 0) is 0 Å². The summed E-state index contributed by atoms with van der Waals surface area (Å²) in [6, 6.07) is 5.44. The number of para-hydroxylation sites is 1. The fraction of sp³-hybridized carbons (Fsp3) is 0.647. The van der Waals surface area contributed by atoms with Crippen LogP contribution in [0.1, 0.15) is 0 Å². The summed E-state index contributed by atoms with van der Waals surface area (Å²) in [6.07, 6.45) is -0.547. The molecule has 1 atom stereocenters. The van der Waals surface area contributed by atoms with Gasteiger partial charge in [-0.1, -0.05) is 6.07 Å². The molecule has 1 aliphatic heterocycles. The van der Waals surface area contributed by atoms with Crippen LogP contribution in [0.5, 0.6) is 17.2 Å². The van der Waals surface area contributed by atoms with E-state index >= 15 is 0 Å². The number of rotatable bonds is 9. The van der Waals surface area contributed by atoms with Crippen LogP contribution in [0.3, 0.4) is 0 Å². The van der Waals surface area contributed by atoms with Crippen LogP contribution in [0.25, 0.3) is 0 Å². The number of aliphatic hydroxyl groups excluding tert-OH is 2. The van der Waals surface area contributed by atoms with Crippen LogP contribution >= 0.6 is 0 Å². The fourth-order valence-corrected chi connectivity index (χ4v) is 3.10. The highest BCUT2D eigenvalue weighted by Crippen LogP contribution is 2.36. The van der Waals surface area contributed by atoms with E-state index in [2.05, 4.69) is 0 Å². The van der Waals surface area contributed by atoms with Crippen molar-refractivity contribution in [2.75, 3.05) is 66.7 Å². The first-order chi connectivity index (χ1) is 11.7. The molecule has 0 aliphatic carbocycles. The van der Waals surface area contributed by atoms with E-state index in [1.54, 1.807) is 26.4 Å². The lowest BCUT2D eigenvalue weighted by Gasteiger charge is -2.30. The first-order valence-electron chi connectivity index (χ1n) is 8.47. The van der Waals surface area contributed by atoms with Crippen molar-refractivity contribution in [2.24, 2.45) is 0 Å². The molecule has 136 valence electrons. The Morgan fingerprint density at radius 1 is 1.04 bits per heavy atom. The molecule has 1 aromatic rings. The lowest BCUT2D eigenvalue weighted by atomic mass is 10.2. The van der Waals surface area contributed by atoms with E-state index < -0.39 is 6.10 Å². The van der Waals surface area contributed by atoms with Gasteiger partial charge in [-0.25, -0.2) is 0 Å². The zero-order valence-electron chi connectivity index (χ0n) is 14.6. The van der Waals surface area contributed by atoms with Gasteiger partial charge in [0.2, 0.25) is 5.75 Å². The molecule has 7 nitrogen and oxygen atoms in total. The Kier molecular flexibility index (Phi) is 7.58. The summed E-state index contributed by atoms with van der Waals surface area (Å²) < 4.78 is 16.3. The minimum absolute atomic E-state index is 0.202. The molecule has 0 radical (unpaired) electrons. The molecule has 2 rings (SSSR count). The van der Waals surface area contributed by atoms with Gasteiger partial charge in [-0.05, 0) is 12.1 Å². The molecule has 1 aromatic carbocycles. The number of nitrogens with one attached hydrogen (secondary N) is 2. The largest absolute Gasteiger partial charge is 0.493 e. The Labute approximate surface area is 143 Å². The third kappa shape index (κ3) is 5.24. The predicted molar refractivity (Wildman–Crippen MR) is 89.3 cm³/mol. The van der Waals surface area contributed by atoms with Gasteiger partial charge in [0.05, 0.1) is 20.8 Å². The Morgan fingerprint density at radius 2 is 1.62 bits per heavy atom. The Morgan fingerprint density at radius 3 is 2.17 bits per heavy atom. The molecular formula is C17H30N2O5+2. The SMILES string of the molecule is COc1cccc(OC)c1OC[C@H](O)C[NH+]1CC[NH+](CCO)CC1. The molecule has 0 bridgehead atoms. The molecule has 0 aromatic heterocycles. The quantitative estimate of drug-likeness (QED) is 0.391. The van der Waals surface area contributed by atoms with Crippen molar-refractivity contribution in [2.45, 2.75) is 6.10 Å². The van der Waals surface area contributed by atoms with E-state index in [0.29, 0.717) is 23.8 Å². The van der Waals surface area contributed by atoms with Crippen LogP contribution in [0.15, 0.2) is 18.2 Å². The third-order valence-electron chi connectivity index (χ3n) is 4.46. The first kappa shape index (κ1) is 18.8. The number of ether oxygens (including phenoxy) is 3. The highest BCUT2D eigenvalue weighted by molar-refractivity contribution is 5.51. The van der Waals surface area contributed by atoms with Crippen molar-refractivity contribution in [1.29, 1.82) is 0 Å². The average Bonchev–Trinajstić information content (AvgIpc) is 2.61. The zero-order chi connectivity index (χ0) is 17.4. The van der Waals surface area contributed by atoms with E-state index in [1.165, 1.54) is 9.80 Å². The molecule has 24 heavy (non-hydrogen) atoms. The molecule has 1 heterocycles. The van der Waals surface area contributed by atoms with E-state index in [-0.39, 0.29) is 13.2 Å². The molecule has 1 aliphatic rings. The number of piperazine rings is 1. The van der Waals surface area contributed by atoms with Crippen molar-refractivity contribution in [3.8, 4) is 17.2 Å². The zero-order valence-corrected chi connectivity index (χ0v) is 14.6. The van der Waals surface area contributed by atoms with E-state index in [9.17, 15) is 5.11 Å². The Bertz CT molecular complexity index is 470. The maximum Gasteiger partial charge on any atom is 0.203 e. The van der Waals surface area contributed by atoms with Gasteiger partial charge in [-0.2, -0.15) is 0 Å². The van der Waals surface area contributed by atoms with Gasteiger partial charge in [0.25, 0.3) is 0 Å². The molecule has 0 unspecified atom stereocenters. The summed E-state index contributed by atoms with van der Waals surface area (Å²) in [5.74, 6) is 1.71. The van der Waals surface area contributed by atoms with Gasteiger partial charge >= 0.3 is 0 Å². The van der Waals surface area contributed by atoms with Gasteiger partial charge < -0.3 is 34.2 Å². The number of hydrogen-bond acceptors (Lipinski definition) is 5. The number of methoxy groups -OCH3 is 2. The van der Waals surface area contributed by atoms with Crippen molar-refractivity contribution in [3.05, 3.63) is 18.2 Å². The molecular weight excluding hydrogens is 312 g/mol. The maximum absolute atomic E-state index is 10.3. The van der Waals surface area contributed by atoms with Crippen LogP contribution in [0.4, 0.5) is 0 Å². The normalized spacial score (nSPS) is 22.0. The van der Waals surface area contributed by atoms with Gasteiger partial charge in [0.1, 0.15) is 52.0 Å². The number of hydrogen-bond donors (Lipinski definition) is 4. The number of aliphatic hydroxyl groups is 2. The third-order valence-corrected chi connectivity index (χ3v) is 4.46. The van der Waals surface area contributed by atoms with Crippen molar-refractivity contribution < 1.29 is 34.2 Å². The van der Waals surface area contributed by atoms with Crippen LogP contribution in [0.2, 0.25) is 0 Å². The minimum atomic E-state index is -0.547. The summed E-state index contributed by atoms with van der Waals surface area (Å²) in [5.41, 5.74) is 0. The highest BCUT2D eigenvalue weighted by Gasteiger charge is 2.25. The van der Waals surface area contributed by atoms with Crippen molar-refractivity contribution >= 4 is 0 Å². The summed E-state index contributed by atoms with van der Waals surface area (Å²) in [4.78, 5) is 2.81. The Balaban J connectivity index is 1.81. The van der Waals surface area contributed by atoms with E-state index in [4.69, 9.17) is 19.3 Å². The van der Waals surface area contributed by atoms with Gasteiger partial charge in [0, 0.05) is 0 Å². The second-order valence-electron chi connectivity index (χ2n) is 6.13. The molecule has 7 heteroatoms. The summed E-state index contributed by atoms with van der Waals surface area (Å²) in [7, 11) is 3.16. The van der Waals surface area contributed by atoms with Crippen LogP contribution < -0.4 is 24.0 Å². The molecule has 0 amide bonds.